The minimum Gasteiger partial charge on any atom is -0.381 e. The van der Waals surface area contributed by atoms with Gasteiger partial charge in [-0.05, 0) is 12.8 Å². The van der Waals surface area contributed by atoms with Gasteiger partial charge in [-0.2, -0.15) is 5.10 Å². The second-order valence-electron chi connectivity index (χ2n) is 4.35. The van der Waals surface area contributed by atoms with E-state index in [0.717, 1.165) is 12.8 Å². The zero-order chi connectivity index (χ0) is 12.3. The summed E-state index contributed by atoms with van der Waals surface area (Å²) in [5, 5.41) is 3.82. The Morgan fingerprint density at radius 2 is 2.12 bits per heavy atom. The fourth-order valence-electron chi connectivity index (χ4n) is 2.07. The van der Waals surface area contributed by atoms with E-state index >= 15 is 0 Å². The number of nitrogens with zero attached hydrogens (tertiary/aromatic N) is 2. The highest BCUT2D eigenvalue weighted by atomic mass is 16.5. The van der Waals surface area contributed by atoms with Crippen molar-refractivity contribution < 1.29 is 14.3 Å². The number of carbonyl (C=O) groups is 2. The number of nitrogens with one attached hydrogen (secondary N) is 1. The van der Waals surface area contributed by atoms with E-state index in [4.69, 9.17) is 4.74 Å². The highest BCUT2D eigenvalue weighted by Crippen LogP contribution is 2.14. The van der Waals surface area contributed by atoms with Gasteiger partial charge in [0.25, 0.3) is 5.91 Å². The van der Waals surface area contributed by atoms with Crippen molar-refractivity contribution in [3.63, 3.8) is 0 Å². The monoisotopic (exact) mass is 239 g/mol. The Labute approximate surface area is 100.0 Å². The number of hydrazone groups is 1. The van der Waals surface area contributed by atoms with E-state index in [1.165, 1.54) is 0 Å². The molecule has 2 rings (SSSR count). The standard InChI is InChI=1S/C11H17N3O3/c1-14(8-4-6-17-7-5-8)11(16)9-2-3-10(15)13-12-9/h8H,2-7H2,1H3,(H,13,15). The molecule has 0 bridgehead atoms. The van der Waals surface area contributed by atoms with Crippen LogP contribution in [0.4, 0.5) is 0 Å². The molecule has 0 aromatic rings. The number of hydrogen-bond donors (Lipinski definition) is 1. The van der Waals surface area contributed by atoms with Gasteiger partial charge < -0.3 is 9.64 Å². The highest BCUT2D eigenvalue weighted by Gasteiger charge is 2.27. The molecule has 0 atom stereocenters. The van der Waals surface area contributed by atoms with E-state index in [2.05, 4.69) is 10.5 Å². The Balaban J connectivity index is 1.96. The van der Waals surface area contributed by atoms with Crippen LogP contribution >= 0.6 is 0 Å². The lowest BCUT2D eigenvalue weighted by Gasteiger charge is -2.31. The minimum absolute atomic E-state index is 0.0862. The molecule has 6 nitrogen and oxygen atoms in total. The van der Waals surface area contributed by atoms with Gasteiger partial charge >= 0.3 is 0 Å². The maximum atomic E-state index is 12.1. The molecule has 0 aromatic carbocycles. The number of amides is 2. The summed E-state index contributed by atoms with van der Waals surface area (Å²) in [7, 11) is 1.79. The molecule has 2 aliphatic rings. The molecule has 0 unspecified atom stereocenters. The van der Waals surface area contributed by atoms with Crippen molar-refractivity contribution >= 4 is 17.5 Å². The Morgan fingerprint density at radius 1 is 1.41 bits per heavy atom. The molecule has 2 amide bonds. The zero-order valence-electron chi connectivity index (χ0n) is 9.94. The summed E-state index contributed by atoms with van der Waals surface area (Å²) in [6, 6.07) is 0.219. The zero-order valence-corrected chi connectivity index (χ0v) is 9.94. The van der Waals surface area contributed by atoms with Crippen molar-refractivity contribution in [2.24, 2.45) is 5.10 Å². The second kappa shape index (κ2) is 5.27. The first kappa shape index (κ1) is 12.0. The number of ether oxygens (including phenoxy) is 1. The van der Waals surface area contributed by atoms with Crippen molar-refractivity contribution in [2.75, 3.05) is 20.3 Å². The maximum absolute atomic E-state index is 12.1. The molecule has 1 fully saturated rings. The second-order valence-corrected chi connectivity index (χ2v) is 4.35. The molecule has 17 heavy (non-hydrogen) atoms. The summed E-state index contributed by atoms with van der Waals surface area (Å²) in [6.07, 6.45) is 2.49. The average Bonchev–Trinajstić information content (AvgIpc) is 2.39. The van der Waals surface area contributed by atoms with Gasteiger partial charge in [-0.25, -0.2) is 5.43 Å². The third kappa shape index (κ3) is 2.82. The van der Waals surface area contributed by atoms with Crippen molar-refractivity contribution in [3.8, 4) is 0 Å². The molecule has 0 spiro atoms. The predicted molar refractivity (Wildman–Crippen MR) is 61.4 cm³/mol. The lowest BCUT2D eigenvalue weighted by atomic mass is 10.1. The van der Waals surface area contributed by atoms with E-state index < -0.39 is 0 Å². The summed E-state index contributed by atoms with van der Waals surface area (Å²) in [5.74, 6) is -0.216. The van der Waals surface area contributed by atoms with Gasteiger partial charge in [0.05, 0.1) is 0 Å². The number of rotatable bonds is 2. The van der Waals surface area contributed by atoms with E-state index in [9.17, 15) is 9.59 Å². The predicted octanol–water partition coefficient (Wildman–Crippen LogP) is -0.110. The fraction of sp³-hybridized carbons (Fsp3) is 0.727. The van der Waals surface area contributed by atoms with Crippen LogP contribution in [-0.4, -0.2) is 48.7 Å². The highest BCUT2D eigenvalue weighted by molar-refractivity contribution is 6.39. The number of carbonyl (C=O) groups excluding carboxylic acids is 2. The van der Waals surface area contributed by atoms with Gasteiger partial charge in [0.1, 0.15) is 5.71 Å². The number of hydrogen-bond acceptors (Lipinski definition) is 4. The van der Waals surface area contributed by atoms with Crippen LogP contribution in [0.2, 0.25) is 0 Å². The molecule has 0 aliphatic carbocycles. The van der Waals surface area contributed by atoms with Crippen molar-refractivity contribution in [2.45, 2.75) is 31.7 Å². The van der Waals surface area contributed by atoms with Gasteiger partial charge in [0.15, 0.2) is 0 Å². The lowest BCUT2D eigenvalue weighted by Crippen LogP contribution is -2.45. The lowest BCUT2D eigenvalue weighted by molar-refractivity contribution is -0.126. The quantitative estimate of drug-likeness (QED) is 0.731. The molecule has 6 heteroatoms. The van der Waals surface area contributed by atoms with Crippen LogP contribution in [0, 0.1) is 0 Å². The molecular weight excluding hydrogens is 222 g/mol. The first-order valence-corrected chi connectivity index (χ1v) is 5.89. The summed E-state index contributed by atoms with van der Waals surface area (Å²) >= 11 is 0. The topological polar surface area (TPSA) is 71.0 Å². The Kier molecular flexibility index (Phi) is 3.73. The molecule has 1 N–H and O–H groups in total. The maximum Gasteiger partial charge on any atom is 0.270 e. The van der Waals surface area contributed by atoms with Crippen LogP contribution < -0.4 is 5.43 Å². The van der Waals surface area contributed by atoms with Crippen molar-refractivity contribution in [3.05, 3.63) is 0 Å². The molecule has 0 saturated carbocycles. The molecule has 0 aromatic heterocycles. The van der Waals surface area contributed by atoms with Crippen LogP contribution in [0.3, 0.4) is 0 Å². The third-order valence-electron chi connectivity index (χ3n) is 3.21. The van der Waals surface area contributed by atoms with Gasteiger partial charge in [0, 0.05) is 39.1 Å². The Hall–Kier alpha value is -1.43. The van der Waals surface area contributed by atoms with Crippen LogP contribution in [0.5, 0.6) is 0 Å². The Morgan fingerprint density at radius 3 is 2.71 bits per heavy atom. The summed E-state index contributed by atoms with van der Waals surface area (Å²) < 4.78 is 5.26. The van der Waals surface area contributed by atoms with Crippen molar-refractivity contribution in [1.82, 2.24) is 10.3 Å². The molecular formula is C11H17N3O3. The van der Waals surface area contributed by atoms with Crippen molar-refractivity contribution in [1.29, 1.82) is 0 Å². The van der Waals surface area contributed by atoms with Gasteiger partial charge in [-0.15, -0.1) is 0 Å². The van der Waals surface area contributed by atoms with E-state index in [-0.39, 0.29) is 17.9 Å². The normalized spacial score (nSPS) is 21.7. The van der Waals surface area contributed by atoms with E-state index in [1.54, 1.807) is 11.9 Å². The van der Waals surface area contributed by atoms with Crippen LogP contribution in [0.15, 0.2) is 5.10 Å². The molecule has 1 saturated heterocycles. The van der Waals surface area contributed by atoms with Gasteiger partial charge in [0.2, 0.25) is 5.91 Å². The minimum atomic E-state index is -0.129. The SMILES string of the molecule is CN(C(=O)C1=NNC(=O)CC1)C1CCOCC1. The first-order valence-electron chi connectivity index (χ1n) is 5.89. The molecule has 2 heterocycles. The van der Waals surface area contributed by atoms with Crippen LogP contribution in [0.25, 0.3) is 0 Å². The molecule has 0 radical (unpaired) electrons. The van der Waals surface area contributed by atoms with Gasteiger partial charge in [-0.1, -0.05) is 0 Å². The Bertz CT molecular complexity index is 348. The first-order chi connectivity index (χ1) is 8.18. The summed E-state index contributed by atoms with van der Waals surface area (Å²) in [6.45, 7) is 1.40. The van der Waals surface area contributed by atoms with E-state index in [0.29, 0.717) is 31.8 Å². The van der Waals surface area contributed by atoms with Crippen LogP contribution in [0.1, 0.15) is 25.7 Å². The third-order valence-corrected chi connectivity index (χ3v) is 3.21. The largest absolute Gasteiger partial charge is 0.381 e. The molecule has 94 valence electrons. The smallest absolute Gasteiger partial charge is 0.270 e. The fourth-order valence-corrected chi connectivity index (χ4v) is 2.07. The average molecular weight is 239 g/mol. The molecule has 2 aliphatic heterocycles. The summed E-state index contributed by atoms with van der Waals surface area (Å²) in [4.78, 5) is 24.8. The van der Waals surface area contributed by atoms with Crippen LogP contribution in [-0.2, 0) is 14.3 Å². The van der Waals surface area contributed by atoms with Gasteiger partial charge in [-0.3, -0.25) is 9.59 Å². The summed E-state index contributed by atoms with van der Waals surface area (Å²) in [5.41, 5.74) is 2.79. The van der Waals surface area contributed by atoms with E-state index in [1.807, 2.05) is 0 Å².